The Labute approximate surface area is 112 Å². The van der Waals surface area contributed by atoms with Crippen LogP contribution >= 0.6 is 0 Å². The Morgan fingerprint density at radius 1 is 1.21 bits per heavy atom. The Bertz CT molecular complexity index is 533. The normalized spacial score (nSPS) is 24.1. The topological polar surface area (TPSA) is 43.4 Å². The Balaban J connectivity index is 1.58. The minimum atomic E-state index is -0.324. The highest BCUT2D eigenvalue weighted by Gasteiger charge is 2.37. The van der Waals surface area contributed by atoms with Crippen molar-refractivity contribution in [2.75, 3.05) is 25.1 Å². The summed E-state index contributed by atoms with van der Waals surface area (Å²) in [4.78, 5) is 4.51. The Morgan fingerprint density at radius 3 is 2.89 bits per heavy atom. The molecule has 100 valence electrons. The van der Waals surface area contributed by atoms with Crippen molar-refractivity contribution in [3.63, 3.8) is 0 Å². The number of aromatic nitrogens is 1. The Kier molecular flexibility index (Phi) is 2.60. The fraction of sp³-hybridized carbons (Fsp3) is 0.533. The van der Waals surface area contributed by atoms with E-state index in [4.69, 9.17) is 9.47 Å². The summed E-state index contributed by atoms with van der Waals surface area (Å²) in [5.41, 5.74) is 3.98. The fourth-order valence-electron chi connectivity index (χ4n) is 3.18. The second kappa shape index (κ2) is 4.32. The highest BCUT2D eigenvalue weighted by molar-refractivity contribution is 5.68. The zero-order chi connectivity index (χ0) is 12.7. The first-order valence-electron chi connectivity index (χ1n) is 7.05. The van der Waals surface area contributed by atoms with Crippen LogP contribution in [0.4, 0.5) is 5.82 Å². The molecular formula is C15H18N2O2. The molecule has 0 amide bonds. The summed E-state index contributed by atoms with van der Waals surface area (Å²) in [6.07, 6.45) is 8.15. The summed E-state index contributed by atoms with van der Waals surface area (Å²) >= 11 is 0. The first-order chi connectivity index (χ1) is 9.35. The molecule has 1 aliphatic carbocycles. The predicted molar refractivity (Wildman–Crippen MR) is 72.9 cm³/mol. The van der Waals surface area contributed by atoms with Gasteiger partial charge in [0.2, 0.25) is 0 Å². The summed E-state index contributed by atoms with van der Waals surface area (Å²) in [5.74, 6) is 0.731. The van der Waals surface area contributed by atoms with Gasteiger partial charge in [-0.3, -0.25) is 0 Å². The molecule has 1 saturated heterocycles. The summed E-state index contributed by atoms with van der Waals surface area (Å²) in [7, 11) is 0. The van der Waals surface area contributed by atoms with Crippen molar-refractivity contribution in [3.05, 3.63) is 29.5 Å². The van der Waals surface area contributed by atoms with Crippen molar-refractivity contribution in [2.24, 2.45) is 0 Å². The molecule has 0 radical (unpaired) electrons. The van der Waals surface area contributed by atoms with Crippen LogP contribution < -0.4 is 5.32 Å². The van der Waals surface area contributed by atoms with E-state index in [2.05, 4.69) is 22.4 Å². The van der Waals surface area contributed by atoms with Gasteiger partial charge in [0.05, 0.1) is 13.2 Å². The van der Waals surface area contributed by atoms with Gasteiger partial charge in [-0.2, -0.15) is 0 Å². The molecule has 19 heavy (non-hydrogen) atoms. The number of nitrogens with zero attached hydrogens (tertiary/aromatic N) is 1. The molecule has 1 N–H and O–H groups in total. The van der Waals surface area contributed by atoms with E-state index in [1.54, 1.807) is 0 Å². The summed E-state index contributed by atoms with van der Waals surface area (Å²) in [6, 6.07) is 2.28. The monoisotopic (exact) mass is 258 g/mol. The molecule has 1 fully saturated rings. The molecule has 1 spiro atoms. The van der Waals surface area contributed by atoms with Crippen LogP contribution in [0.15, 0.2) is 18.3 Å². The van der Waals surface area contributed by atoms with E-state index in [0.717, 1.165) is 51.3 Å². The van der Waals surface area contributed by atoms with E-state index in [0.29, 0.717) is 0 Å². The molecule has 0 atom stereocenters. The predicted octanol–water partition coefficient (Wildman–Crippen LogP) is 2.36. The molecule has 0 bridgehead atoms. The van der Waals surface area contributed by atoms with Gasteiger partial charge >= 0.3 is 0 Å². The van der Waals surface area contributed by atoms with Crippen LogP contribution in [-0.2, 0) is 15.9 Å². The molecule has 2 aliphatic heterocycles. The summed E-state index contributed by atoms with van der Waals surface area (Å²) in [5, 5.41) is 3.30. The van der Waals surface area contributed by atoms with E-state index in [1.807, 2.05) is 6.20 Å². The maximum absolute atomic E-state index is 5.75. The number of fused-ring (bicyclic) bond motifs is 1. The average Bonchev–Trinajstić information content (AvgIpc) is 3.08. The lowest BCUT2D eigenvalue weighted by molar-refractivity contribution is -0.159. The summed E-state index contributed by atoms with van der Waals surface area (Å²) < 4.78 is 11.5. The second-order valence-corrected chi connectivity index (χ2v) is 5.45. The molecule has 4 rings (SSSR count). The van der Waals surface area contributed by atoms with Gasteiger partial charge in [0.25, 0.3) is 0 Å². The van der Waals surface area contributed by atoms with Crippen LogP contribution in [0.5, 0.6) is 0 Å². The molecule has 1 aromatic rings. The Hall–Kier alpha value is -1.39. The van der Waals surface area contributed by atoms with Crippen molar-refractivity contribution >= 4 is 11.4 Å². The number of anilines is 1. The van der Waals surface area contributed by atoms with Gasteiger partial charge in [0, 0.05) is 25.6 Å². The van der Waals surface area contributed by atoms with E-state index in [9.17, 15) is 0 Å². The average molecular weight is 258 g/mol. The summed E-state index contributed by atoms with van der Waals surface area (Å²) in [6.45, 7) is 2.47. The van der Waals surface area contributed by atoms with Crippen molar-refractivity contribution < 1.29 is 9.47 Å². The molecule has 1 aromatic heterocycles. The first kappa shape index (κ1) is 11.4. The molecule has 0 aromatic carbocycles. The zero-order valence-corrected chi connectivity index (χ0v) is 10.9. The zero-order valence-electron chi connectivity index (χ0n) is 10.9. The van der Waals surface area contributed by atoms with Crippen LogP contribution in [0.25, 0.3) is 5.57 Å². The molecule has 4 heteroatoms. The molecular weight excluding hydrogens is 240 g/mol. The van der Waals surface area contributed by atoms with Crippen LogP contribution in [0.2, 0.25) is 0 Å². The number of ether oxygens (including phenoxy) is 2. The maximum atomic E-state index is 5.75. The Morgan fingerprint density at radius 2 is 2.11 bits per heavy atom. The fourth-order valence-corrected chi connectivity index (χ4v) is 3.18. The number of rotatable bonds is 1. The number of allylic oxidation sites excluding steroid dienone is 1. The highest BCUT2D eigenvalue weighted by Crippen LogP contribution is 2.38. The quantitative estimate of drug-likeness (QED) is 0.839. The number of hydrogen-bond donors (Lipinski definition) is 1. The second-order valence-electron chi connectivity index (χ2n) is 5.45. The van der Waals surface area contributed by atoms with E-state index in [1.165, 1.54) is 16.7 Å². The molecule has 0 unspecified atom stereocenters. The standard InChI is InChI=1S/C15H18N2O2/c1-4-15(18-7-8-19-15)5-2-11(1)13-9-12-3-6-16-14(12)17-10-13/h1,9-10H,2-8H2,(H,16,17). The van der Waals surface area contributed by atoms with Gasteiger partial charge in [-0.25, -0.2) is 4.98 Å². The third-order valence-corrected chi connectivity index (χ3v) is 4.27. The van der Waals surface area contributed by atoms with Crippen LogP contribution in [0.1, 0.15) is 30.4 Å². The third kappa shape index (κ3) is 1.95. The van der Waals surface area contributed by atoms with E-state index < -0.39 is 0 Å². The molecule has 3 aliphatic rings. The molecule has 3 heterocycles. The van der Waals surface area contributed by atoms with Gasteiger partial charge in [0.15, 0.2) is 5.79 Å². The van der Waals surface area contributed by atoms with Gasteiger partial charge in [-0.05, 0) is 35.6 Å². The van der Waals surface area contributed by atoms with Gasteiger partial charge in [-0.1, -0.05) is 6.08 Å². The maximum Gasteiger partial charge on any atom is 0.172 e. The highest BCUT2D eigenvalue weighted by atomic mass is 16.7. The lowest BCUT2D eigenvalue weighted by atomic mass is 9.90. The van der Waals surface area contributed by atoms with Crippen molar-refractivity contribution in [1.82, 2.24) is 4.98 Å². The van der Waals surface area contributed by atoms with Gasteiger partial charge in [-0.15, -0.1) is 0 Å². The van der Waals surface area contributed by atoms with E-state index >= 15 is 0 Å². The lowest BCUT2D eigenvalue weighted by Gasteiger charge is -2.30. The van der Waals surface area contributed by atoms with Crippen LogP contribution in [0.3, 0.4) is 0 Å². The van der Waals surface area contributed by atoms with Crippen LogP contribution in [0, 0.1) is 0 Å². The largest absolute Gasteiger partial charge is 0.370 e. The lowest BCUT2D eigenvalue weighted by Crippen LogP contribution is -2.31. The van der Waals surface area contributed by atoms with Crippen molar-refractivity contribution in [1.29, 1.82) is 0 Å². The van der Waals surface area contributed by atoms with Crippen molar-refractivity contribution in [3.8, 4) is 0 Å². The number of hydrogen-bond acceptors (Lipinski definition) is 4. The third-order valence-electron chi connectivity index (χ3n) is 4.27. The van der Waals surface area contributed by atoms with E-state index in [-0.39, 0.29) is 5.79 Å². The van der Waals surface area contributed by atoms with Gasteiger partial charge < -0.3 is 14.8 Å². The first-order valence-corrected chi connectivity index (χ1v) is 7.05. The smallest absolute Gasteiger partial charge is 0.172 e. The minimum absolute atomic E-state index is 0.324. The van der Waals surface area contributed by atoms with Crippen molar-refractivity contribution in [2.45, 2.75) is 31.5 Å². The molecule has 0 saturated carbocycles. The minimum Gasteiger partial charge on any atom is -0.370 e. The van der Waals surface area contributed by atoms with Crippen LogP contribution in [-0.4, -0.2) is 30.5 Å². The number of pyridine rings is 1. The SMILES string of the molecule is C1=C(c2cnc3c(c2)CCN3)CCC2(C1)OCCO2. The number of nitrogens with one attached hydrogen (secondary N) is 1. The van der Waals surface area contributed by atoms with Gasteiger partial charge in [0.1, 0.15) is 5.82 Å². The molecule has 4 nitrogen and oxygen atoms in total.